The molecule has 0 aromatic carbocycles. The van der Waals surface area contributed by atoms with Crippen molar-refractivity contribution in [1.82, 2.24) is 0 Å². The smallest absolute Gasteiger partial charge is 0.160 e. The number of carbonyl (C=O) groups is 1. The van der Waals surface area contributed by atoms with Crippen molar-refractivity contribution in [2.24, 2.45) is 46.3 Å². The summed E-state index contributed by atoms with van der Waals surface area (Å²) in [6, 6.07) is 0. The van der Waals surface area contributed by atoms with Gasteiger partial charge in [-0.25, -0.2) is 0 Å². The van der Waals surface area contributed by atoms with Gasteiger partial charge in [0.05, 0.1) is 11.7 Å². The molecule has 0 aromatic heterocycles. The van der Waals surface area contributed by atoms with Gasteiger partial charge in [0, 0.05) is 12.3 Å². The summed E-state index contributed by atoms with van der Waals surface area (Å²) >= 11 is 0. The fraction of sp³-hybridized carbons (Fsp3) is 0.889. The molecule has 4 heteroatoms. The maximum absolute atomic E-state index is 12.2. The van der Waals surface area contributed by atoms with Gasteiger partial charge in [0.1, 0.15) is 0 Å². The topological polar surface area (TPSA) is 66.8 Å². The van der Waals surface area contributed by atoms with Crippen molar-refractivity contribution in [3.8, 4) is 0 Å². The van der Waals surface area contributed by atoms with Crippen molar-refractivity contribution in [2.75, 3.05) is 0 Å². The van der Waals surface area contributed by atoms with Crippen LogP contribution < -0.4 is 0 Å². The molecule has 0 bridgehead atoms. The predicted octanol–water partition coefficient (Wildman–Crippen LogP) is 4.87. The molecular formula is C27H42O4. The van der Waals surface area contributed by atoms with E-state index in [-0.39, 0.29) is 22.9 Å². The third kappa shape index (κ3) is 3.07. The average molecular weight is 431 g/mol. The lowest BCUT2D eigenvalue weighted by Crippen LogP contribution is -2.60. The van der Waals surface area contributed by atoms with Crippen LogP contribution in [0.25, 0.3) is 0 Å². The molecule has 4 unspecified atom stereocenters. The van der Waals surface area contributed by atoms with Crippen LogP contribution in [-0.4, -0.2) is 34.0 Å². The van der Waals surface area contributed by atoms with Crippen LogP contribution in [0.4, 0.5) is 0 Å². The van der Waals surface area contributed by atoms with E-state index in [0.29, 0.717) is 41.8 Å². The minimum atomic E-state index is -0.861. The van der Waals surface area contributed by atoms with E-state index in [0.717, 1.165) is 44.9 Å². The first-order valence-electron chi connectivity index (χ1n) is 12.9. The van der Waals surface area contributed by atoms with Crippen molar-refractivity contribution >= 4 is 5.78 Å². The fourth-order valence-corrected chi connectivity index (χ4v) is 9.09. The zero-order valence-corrected chi connectivity index (χ0v) is 19.8. The Labute approximate surface area is 187 Å². The van der Waals surface area contributed by atoms with Crippen LogP contribution in [0.2, 0.25) is 0 Å². The molecule has 1 heterocycles. The van der Waals surface area contributed by atoms with E-state index in [4.69, 9.17) is 4.74 Å². The lowest BCUT2D eigenvalue weighted by atomic mass is 9.45. The van der Waals surface area contributed by atoms with Crippen molar-refractivity contribution < 1.29 is 19.7 Å². The number of fused-ring (bicyclic) bond motifs is 5. The Bertz CT molecular complexity index is 760. The molecule has 5 rings (SSSR count). The molecule has 4 aliphatic carbocycles. The van der Waals surface area contributed by atoms with Crippen LogP contribution in [0.3, 0.4) is 0 Å². The molecule has 0 spiro atoms. The highest BCUT2D eigenvalue weighted by Gasteiger charge is 2.67. The normalized spacial score (nSPS) is 54.4. The van der Waals surface area contributed by atoms with Crippen molar-refractivity contribution in [1.29, 1.82) is 0 Å². The van der Waals surface area contributed by atoms with E-state index in [1.165, 1.54) is 6.42 Å². The zero-order chi connectivity index (χ0) is 22.2. The number of aliphatic hydroxyl groups excluding tert-OH is 1. The van der Waals surface area contributed by atoms with Crippen molar-refractivity contribution in [3.05, 3.63) is 12.2 Å². The Morgan fingerprint density at radius 1 is 1.00 bits per heavy atom. The van der Waals surface area contributed by atoms with Crippen LogP contribution in [0.15, 0.2) is 12.2 Å². The van der Waals surface area contributed by atoms with Gasteiger partial charge in [-0.3, -0.25) is 4.79 Å². The molecule has 10 atom stereocenters. The molecule has 2 N–H and O–H groups in total. The van der Waals surface area contributed by atoms with Gasteiger partial charge in [0.15, 0.2) is 12.1 Å². The number of allylic oxidation sites excluding steroid dienone is 2. The van der Waals surface area contributed by atoms with Crippen LogP contribution in [0.5, 0.6) is 0 Å². The summed E-state index contributed by atoms with van der Waals surface area (Å²) < 4.78 is 6.02. The minimum absolute atomic E-state index is 0.0895. The average Bonchev–Trinajstić information content (AvgIpc) is 3.00. The van der Waals surface area contributed by atoms with E-state index in [2.05, 4.69) is 33.8 Å². The first kappa shape index (κ1) is 22.1. The summed E-state index contributed by atoms with van der Waals surface area (Å²) in [5.41, 5.74) is -0.887. The molecule has 0 aromatic rings. The molecule has 0 amide bonds. The monoisotopic (exact) mass is 430 g/mol. The highest BCUT2D eigenvalue weighted by atomic mass is 16.6. The standard InChI is InChI=1S/C27H42O4/c1-16(2)23-8-7-22(24(29)31-23)27(30)14-11-21-19-6-5-17-15-18(28)9-12-25(17,3)20(19)10-13-26(21,27)4/h9,12,16-17,19-24,29-30H,5-8,10-11,13-15H2,1-4H3/t17?,19?,20?,21?,22-,23+,24+,25-,26-,27-/m0/s1. The van der Waals surface area contributed by atoms with Crippen LogP contribution in [0, 0.1) is 46.3 Å². The fourth-order valence-electron chi connectivity index (χ4n) is 9.09. The quantitative estimate of drug-likeness (QED) is 0.656. The molecule has 0 radical (unpaired) electrons. The van der Waals surface area contributed by atoms with Gasteiger partial charge in [-0.05, 0) is 97.9 Å². The summed E-state index contributed by atoms with van der Waals surface area (Å²) in [5, 5.41) is 23.1. The molecule has 1 saturated heterocycles. The summed E-state index contributed by atoms with van der Waals surface area (Å²) in [4.78, 5) is 12.1. The predicted molar refractivity (Wildman–Crippen MR) is 120 cm³/mol. The summed E-state index contributed by atoms with van der Waals surface area (Å²) in [6.45, 7) is 9.00. The SMILES string of the molecule is CC(C)[C@H]1CC[C@H]([C@@]2(O)CCC3C4CCC5CC(=O)C=C[C@]5(C)C4CC[C@@]32C)[C@H](O)O1. The first-order chi connectivity index (χ1) is 14.6. The number of ketones is 1. The lowest BCUT2D eigenvalue weighted by Gasteiger charge is -2.61. The van der Waals surface area contributed by atoms with Gasteiger partial charge in [0.2, 0.25) is 0 Å². The minimum Gasteiger partial charge on any atom is -0.389 e. The Hall–Kier alpha value is -0.710. The number of rotatable bonds is 2. The number of hydrogen-bond donors (Lipinski definition) is 2. The Morgan fingerprint density at radius 2 is 1.74 bits per heavy atom. The Morgan fingerprint density at radius 3 is 2.45 bits per heavy atom. The zero-order valence-electron chi connectivity index (χ0n) is 19.8. The molecule has 31 heavy (non-hydrogen) atoms. The Kier molecular flexibility index (Phi) is 5.27. The molecule has 4 fully saturated rings. The van der Waals surface area contributed by atoms with E-state index < -0.39 is 11.9 Å². The largest absolute Gasteiger partial charge is 0.389 e. The van der Waals surface area contributed by atoms with Gasteiger partial charge >= 0.3 is 0 Å². The van der Waals surface area contributed by atoms with Crippen LogP contribution in [-0.2, 0) is 9.53 Å². The van der Waals surface area contributed by atoms with E-state index in [9.17, 15) is 15.0 Å². The Balaban J connectivity index is 1.40. The second-order valence-electron chi connectivity index (χ2n) is 12.4. The molecule has 5 aliphatic rings. The maximum atomic E-state index is 12.2. The lowest BCUT2D eigenvalue weighted by molar-refractivity contribution is -0.266. The molecule has 4 nitrogen and oxygen atoms in total. The van der Waals surface area contributed by atoms with Crippen molar-refractivity contribution in [3.63, 3.8) is 0 Å². The molecule has 174 valence electrons. The van der Waals surface area contributed by atoms with Gasteiger partial charge < -0.3 is 14.9 Å². The highest BCUT2D eigenvalue weighted by molar-refractivity contribution is 5.91. The molecule has 1 aliphatic heterocycles. The van der Waals surface area contributed by atoms with Crippen LogP contribution >= 0.6 is 0 Å². The van der Waals surface area contributed by atoms with E-state index in [1.54, 1.807) is 0 Å². The van der Waals surface area contributed by atoms with Gasteiger partial charge in [-0.15, -0.1) is 0 Å². The summed E-state index contributed by atoms with van der Waals surface area (Å²) in [6.07, 6.45) is 12.1. The highest BCUT2D eigenvalue weighted by Crippen LogP contribution is 2.69. The molecule has 3 saturated carbocycles. The van der Waals surface area contributed by atoms with E-state index in [1.807, 2.05) is 6.08 Å². The van der Waals surface area contributed by atoms with Crippen molar-refractivity contribution in [2.45, 2.75) is 103 Å². The third-order valence-corrected chi connectivity index (χ3v) is 11.0. The first-order valence-corrected chi connectivity index (χ1v) is 12.9. The third-order valence-electron chi connectivity index (χ3n) is 11.0. The maximum Gasteiger partial charge on any atom is 0.160 e. The van der Waals surface area contributed by atoms with Crippen LogP contribution in [0.1, 0.15) is 85.5 Å². The number of carbonyl (C=O) groups excluding carboxylic acids is 1. The number of ether oxygens (including phenoxy) is 1. The second-order valence-corrected chi connectivity index (χ2v) is 12.4. The molecular weight excluding hydrogens is 388 g/mol. The van der Waals surface area contributed by atoms with Gasteiger partial charge in [-0.2, -0.15) is 0 Å². The van der Waals surface area contributed by atoms with E-state index >= 15 is 0 Å². The number of hydrogen-bond acceptors (Lipinski definition) is 4. The number of aliphatic hydroxyl groups is 2. The summed E-state index contributed by atoms with van der Waals surface area (Å²) in [5.74, 6) is 2.69. The summed E-state index contributed by atoms with van der Waals surface area (Å²) in [7, 11) is 0. The van der Waals surface area contributed by atoms with Gasteiger partial charge in [-0.1, -0.05) is 33.8 Å². The van der Waals surface area contributed by atoms with Gasteiger partial charge in [0.25, 0.3) is 0 Å². The second kappa shape index (κ2) is 7.40.